The molecule has 190 valence electrons. The molecule has 1 aliphatic heterocycles. The number of nitrogens with one attached hydrogen (secondary N) is 1. The summed E-state index contributed by atoms with van der Waals surface area (Å²) in [5.74, 6) is -0.811. The summed E-state index contributed by atoms with van der Waals surface area (Å²) in [6, 6.07) is 4.42. The number of H-pyrrole nitrogens is 1. The average Bonchev–Trinajstić information content (AvgIpc) is 2.83. The van der Waals surface area contributed by atoms with Crippen LogP contribution >= 0.6 is 0 Å². The SMILES string of the molecule is CCCCn1c(N)c(N(CC)CC(=O)N2CCN(c3ccc(C(C)=O)cc3F)CC2)c(=O)[nH]c1=O. The van der Waals surface area contributed by atoms with Crippen LogP contribution in [-0.2, 0) is 11.3 Å². The number of carbonyl (C=O) groups is 2. The van der Waals surface area contributed by atoms with Gasteiger partial charge in [0.2, 0.25) is 5.91 Å². The first kappa shape index (κ1) is 26.0. The highest BCUT2D eigenvalue weighted by atomic mass is 19.1. The molecule has 2 heterocycles. The monoisotopic (exact) mass is 488 g/mol. The number of nitrogen functional groups attached to an aromatic ring is 1. The Morgan fingerprint density at radius 3 is 2.40 bits per heavy atom. The number of benzene rings is 1. The third-order valence-corrected chi connectivity index (χ3v) is 6.30. The minimum atomic E-state index is -0.621. The Morgan fingerprint density at radius 1 is 1.14 bits per heavy atom. The van der Waals surface area contributed by atoms with E-state index in [4.69, 9.17) is 5.73 Å². The maximum Gasteiger partial charge on any atom is 0.330 e. The summed E-state index contributed by atoms with van der Waals surface area (Å²) in [5.41, 5.74) is 5.83. The number of anilines is 3. The van der Waals surface area contributed by atoms with Crippen LogP contribution in [0.2, 0.25) is 0 Å². The summed E-state index contributed by atoms with van der Waals surface area (Å²) in [5, 5.41) is 0. The van der Waals surface area contributed by atoms with Gasteiger partial charge in [-0.15, -0.1) is 0 Å². The standard InChI is InChI=1S/C24H33FN6O4/c1-4-6-9-31-22(26)21(23(34)27-24(31)35)28(5-2)15-20(33)30-12-10-29(11-13-30)19-8-7-17(16(3)32)14-18(19)25/h7-8,14H,4-6,9-13,15,26H2,1-3H3,(H,27,34,35). The van der Waals surface area contributed by atoms with Crippen molar-refractivity contribution in [3.05, 3.63) is 50.4 Å². The number of hydrogen-bond donors (Lipinski definition) is 2. The Kier molecular flexibility index (Phi) is 8.31. The normalized spacial score (nSPS) is 13.7. The van der Waals surface area contributed by atoms with Gasteiger partial charge in [-0.25, -0.2) is 9.18 Å². The summed E-state index contributed by atoms with van der Waals surface area (Å²) in [4.78, 5) is 56.7. The summed E-state index contributed by atoms with van der Waals surface area (Å²) in [6.07, 6.45) is 1.58. The highest BCUT2D eigenvalue weighted by molar-refractivity contribution is 5.94. The van der Waals surface area contributed by atoms with Crippen LogP contribution in [-0.4, -0.2) is 65.4 Å². The summed E-state index contributed by atoms with van der Waals surface area (Å²) < 4.78 is 15.9. The van der Waals surface area contributed by atoms with Crippen LogP contribution in [0.3, 0.4) is 0 Å². The molecule has 1 aliphatic rings. The lowest BCUT2D eigenvalue weighted by molar-refractivity contribution is -0.130. The number of Topliss-reactive ketones (excluding diaryl/α,β-unsaturated/α-hetero) is 1. The first-order valence-corrected chi connectivity index (χ1v) is 11.9. The third kappa shape index (κ3) is 5.72. The molecule has 1 amide bonds. The number of likely N-dealkylation sites (N-methyl/N-ethyl adjacent to an activating group) is 1. The Labute approximate surface area is 203 Å². The summed E-state index contributed by atoms with van der Waals surface area (Å²) in [6.45, 7) is 7.45. The van der Waals surface area contributed by atoms with Crippen LogP contribution in [0.25, 0.3) is 0 Å². The number of amides is 1. The molecule has 1 saturated heterocycles. The van der Waals surface area contributed by atoms with Gasteiger partial charge in [-0.1, -0.05) is 13.3 Å². The maximum absolute atomic E-state index is 14.5. The van der Waals surface area contributed by atoms with Crippen LogP contribution in [0.15, 0.2) is 27.8 Å². The summed E-state index contributed by atoms with van der Waals surface area (Å²) >= 11 is 0. The fourth-order valence-electron chi connectivity index (χ4n) is 4.21. The Hall–Kier alpha value is -3.63. The van der Waals surface area contributed by atoms with E-state index in [1.165, 1.54) is 17.6 Å². The molecule has 1 aromatic carbocycles. The molecular weight excluding hydrogens is 455 g/mol. The Morgan fingerprint density at radius 2 is 1.83 bits per heavy atom. The van der Waals surface area contributed by atoms with E-state index < -0.39 is 17.1 Å². The van der Waals surface area contributed by atoms with E-state index in [2.05, 4.69) is 4.98 Å². The first-order chi connectivity index (χ1) is 16.7. The van der Waals surface area contributed by atoms with E-state index in [9.17, 15) is 23.6 Å². The first-order valence-electron chi connectivity index (χ1n) is 11.9. The number of rotatable bonds is 9. The van der Waals surface area contributed by atoms with Gasteiger partial charge in [0.15, 0.2) is 5.78 Å². The highest BCUT2D eigenvalue weighted by Gasteiger charge is 2.26. The number of aromatic amines is 1. The molecule has 1 aromatic heterocycles. The van der Waals surface area contributed by atoms with E-state index in [0.29, 0.717) is 50.5 Å². The molecule has 3 N–H and O–H groups in total. The number of aromatic nitrogens is 2. The van der Waals surface area contributed by atoms with Crippen molar-refractivity contribution in [2.24, 2.45) is 0 Å². The lowest BCUT2D eigenvalue weighted by atomic mass is 10.1. The second-order valence-corrected chi connectivity index (χ2v) is 8.60. The van der Waals surface area contributed by atoms with Gasteiger partial charge in [0.1, 0.15) is 17.3 Å². The fraction of sp³-hybridized carbons (Fsp3) is 0.500. The molecule has 0 atom stereocenters. The van der Waals surface area contributed by atoms with Crippen LogP contribution in [0.1, 0.15) is 44.0 Å². The third-order valence-electron chi connectivity index (χ3n) is 6.30. The van der Waals surface area contributed by atoms with Crippen molar-refractivity contribution in [1.82, 2.24) is 14.5 Å². The van der Waals surface area contributed by atoms with E-state index >= 15 is 0 Å². The number of nitrogens with zero attached hydrogens (tertiary/aromatic N) is 4. The molecule has 0 radical (unpaired) electrons. The van der Waals surface area contributed by atoms with E-state index in [0.717, 1.165) is 12.8 Å². The zero-order chi connectivity index (χ0) is 25.7. The smallest absolute Gasteiger partial charge is 0.330 e. The van der Waals surface area contributed by atoms with Crippen LogP contribution in [0.4, 0.5) is 21.6 Å². The molecule has 0 spiro atoms. The molecule has 35 heavy (non-hydrogen) atoms. The van der Waals surface area contributed by atoms with Gasteiger partial charge in [0.25, 0.3) is 5.56 Å². The lowest BCUT2D eigenvalue weighted by Crippen LogP contribution is -2.52. The Balaban J connectivity index is 1.70. The van der Waals surface area contributed by atoms with Gasteiger partial charge in [0.05, 0.1) is 12.2 Å². The van der Waals surface area contributed by atoms with E-state index in [1.807, 2.05) is 11.8 Å². The topological polar surface area (TPSA) is 125 Å². The second-order valence-electron chi connectivity index (χ2n) is 8.60. The minimum absolute atomic E-state index is 0.0520. The number of nitrogens with two attached hydrogens (primary N) is 1. The van der Waals surface area contributed by atoms with Gasteiger partial charge < -0.3 is 20.4 Å². The molecule has 0 aliphatic carbocycles. The lowest BCUT2D eigenvalue weighted by Gasteiger charge is -2.37. The molecule has 10 nitrogen and oxygen atoms in total. The van der Waals surface area contributed by atoms with Crippen molar-refractivity contribution in [2.75, 3.05) is 54.8 Å². The molecule has 1 fully saturated rings. The van der Waals surface area contributed by atoms with Gasteiger partial charge in [-0.05, 0) is 38.5 Å². The van der Waals surface area contributed by atoms with Crippen molar-refractivity contribution >= 4 is 28.9 Å². The molecule has 0 unspecified atom stereocenters. The van der Waals surface area contributed by atoms with Crippen molar-refractivity contribution in [1.29, 1.82) is 0 Å². The fourth-order valence-corrected chi connectivity index (χ4v) is 4.21. The largest absolute Gasteiger partial charge is 0.383 e. The minimum Gasteiger partial charge on any atom is -0.383 e. The van der Waals surface area contributed by atoms with Crippen molar-refractivity contribution in [3.8, 4) is 0 Å². The van der Waals surface area contributed by atoms with Crippen LogP contribution < -0.4 is 26.8 Å². The zero-order valence-corrected chi connectivity index (χ0v) is 20.5. The molecule has 0 bridgehead atoms. The van der Waals surface area contributed by atoms with E-state index in [-0.39, 0.29) is 29.7 Å². The number of carbonyl (C=O) groups excluding carboxylic acids is 2. The van der Waals surface area contributed by atoms with E-state index in [1.54, 1.807) is 28.9 Å². The average molecular weight is 489 g/mol. The highest BCUT2D eigenvalue weighted by Crippen LogP contribution is 2.23. The second kappa shape index (κ2) is 11.2. The maximum atomic E-state index is 14.5. The number of ketones is 1. The van der Waals surface area contributed by atoms with Crippen LogP contribution in [0.5, 0.6) is 0 Å². The molecule has 3 rings (SSSR count). The Bertz CT molecular complexity index is 1200. The zero-order valence-electron chi connectivity index (χ0n) is 20.5. The number of hydrogen-bond acceptors (Lipinski definition) is 7. The van der Waals surface area contributed by atoms with Gasteiger partial charge >= 0.3 is 5.69 Å². The molecule has 0 saturated carbocycles. The molecule has 11 heteroatoms. The number of unbranched alkanes of at least 4 members (excludes halogenated alkanes) is 1. The van der Waals surface area contributed by atoms with Crippen molar-refractivity contribution < 1.29 is 14.0 Å². The number of halogens is 1. The van der Waals surface area contributed by atoms with Gasteiger partial charge in [0, 0.05) is 44.8 Å². The summed E-state index contributed by atoms with van der Waals surface area (Å²) in [7, 11) is 0. The quantitative estimate of drug-likeness (QED) is 0.512. The predicted octanol–water partition coefficient (Wildman–Crippen LogP) is 1.44. The number of piperazine rings is 1. The van der Waals surface area contributed by atoms with Gasteiger partial charge in [-0.2, -0.15) is 0 Å². The molecular formula is C24H33FN6O4. The van der Waals surface area contributed by atoms with Crippen LogP contribution in [0, 0.1) is 5.82 Å². The van der Waals surface area contributed by atoms with Gasteiger partial charge in [-0.3, -0.25) is 23.9 Å². The predicted molar refractivity (Wildman–Crippen MR) is 134 cm³/mol. The van der Waals surface area contributed by atoms with Crippen molar-refractivity contribution in [3.63, 3.8) is 0 Å². The van der Waals surface area contributed by atoms with Crippen molar-refractivity contribution in [2.45, 2.75) is 40.2 Å². The molecule has 2 aromatic rings.